The Morgan fingerprint density at radius 1 is 1.08 bits per heavy atom. The minimum Gasteiger partial charge on any atom is -0.491 e. The second-order valence-corrected chi connectivity index (χ2v) is 10.8. The predicted molar refractivity (Wildman–Crippen MR) is 141 cm³/mol. The van der Waals surface area contributed by atoms with E-state index in [1.165, 1.54) is 13.0 Å². The average Bonchev–Trinajstić information content (AvgIpc) is 3.36. The number of rotatable bonds is 8. The molecule has 5 aliphatic heterocycles. The Kier molecular flexibility index (Phi) is 6.37. The summed E-state index contributed by atoms with van der Waals surface area (Å²) in [6.45, 7) is 9.89. The first kappa shape index (κ1) is 23.9. The molecule has 38 heavy (non-hydrogen) atoms. The Labute approximate surface area is 222 Å². The Hall–Kier alpha value is -3.23. The molecule has 3 aromatic rings. The van der Waals surface area contributed by atoms with Gasteiger partial charge in [-0.05, 0) is 24.6 Å². The van der Waals surface area contributed by atoms with E-state index in [2.05, 4.69) is 38.0 Å². The molecule has 0 aliphatic carbocycles. The van der Waals surface area contributed by atoms with Crippen LogP contribution in [0.15, 0.2) is 36.8 Å². The predicted octanol–water partition coefficient (Wildman–Crippen LogP) is 1.89. The number of morpholine rings is 1. The number of fused-ring (bicyclic) bond motifs is 3. The van der Waals surface area contributed by atoms with Crippen LogP contribution in [0.4, 0.5) is 5.82 Å². The summed E-state index contributed by atoms with van der Waals surface area (Å²) in [5.41, 5.74) is 3.16. The van der Waals surface area contributed by atoms with Crippen molar-refractivity contribution in [3.8, 4) is 22.9 Å². The third kappa shape index (κ3) is 4.50. The molecule has 5 saturated heterocycles. The molecule has 3 aromatic heterocycles. The minimum atomic E-state index is 0.539. The molecule has 10 nitrogen and oxygen atoms in total. The molecule has 2 atom stereocenters. The zero-order valence-electron chi connectivity index (χ0n) is 21.5. The summed E-state index contributed by atoms with van der Waals surface area (Å²) in [4.78, 5) is 12.3. The van der Waals surface area contributed by atoms with E-state index in [1.54, 1.807) is 10.7 Å². The van der Waals surface area contributed by atoms with Crippen LogP contribution in [0.3, 0.4) is 0 Å². The molecule has 2 bridgehead atoms. The van der Waals surface area contributed by atoms with Crippen LogP contribution in [-0.4, -0.2) is 109 Å². The summed E-state index contributed by atoms with van der Waals surface area (Å²) in [6.07, 6.45) is 6.67. The fraction of sp³-hybridized carbons (Fsp3) is 0.536. The Morgan fingerprint density at radius 2 is 1.92 bits per heavy atom. The van der Waals surface area contributed by atoms with E-state index in [9.17, 15) is 5.26 Å². The highest BCUT2D eigenvalue weighted by Gasteiger charge is 2.46. The van der Waals surface area contributed by atoms with E-state index in [-0.39, 0.29) is 0 Å². The van der Waals surface area contributed by atoms with Crippen molar-refractivity contribution >= 4 is 11.3 Å². The lowest BCUT2D eigenvalue weighted by atomic mass is 9.86. The number of nitrogens with zero attached hydrogens (tertiary/aromatic N) is 7. The quantitative estimate of drug-likeness (QED) is 0.446. The molecule has 0 aromatic carbocycles. The van der Waals surface area contributed by atoms with Gasteiger partial charge in [0.2, 0.25) is 0 Å². The molecule has 0 N–H and O–H groups in total. The molecule has 8 heterocycles. The number of pyridine rings is 2. The van der Waals surface area contributed by atoms with E-state index in [0.717, 1.165) is 87.4 Å². The largest absolute Gasteiger partial charge is 0.491 e. The van der Waals surface area contributed by atoms with Crippen molar-refractivity contribution in [2.75, 3.05) is 77.2 Å². The van der Waals surface area contributed by atoms with Crippen LogP contribution >= 0.6 is 0 Å². The first-order valence-corrected chi connectivity index (χ1v) is 13.6. The molecule has 0 saturated carbocycles. The number of piperidine rings is 1. The minimum absolute atomic E-state index is 0.539. The van der Waals surface area contributed by atoms with Crippen LogP contribution in [0.25, 0.3) is 16.6 Å². The molecule has 198 valence electrons. The van der Waals surface area contributed by atoms with Gasteiger partial charge in [0.05, 0.1) is 49.9 Å². The third-order valence-electron chi connectivity index (χ3n) is 8.39. The van der Waals surface area contributed by atoms with E-state index in [4.69, 9.17) is 19.2 Å². The number of ether oxygens (including phenoxy) is 3. The Balaban J connectivity index is 1.07. The summed E-state index contributed by atoms with van der Waals surface area (Å²) in [5, 5.41) is 14.1. The summed E-state index contributed by atoms with van der Waals surface area (Å²) in [6, 6.07) is 9.73. The molecule has 0 spiro atoms. The lowest BCUT2D eigenvalue weighted by Gasteiger charge is -2.58. The van der Waals surface area contributed by atoms with Crippen molar-refractivity contribution in [1.82, 2.24) is 24.4 Å². The molecule has 5 aliphatic rings. The van der Waals surface area contributed by atoms with Crippen molar-refractivity contribution < 1.29 is 14.2 Å². The highest BCUT2D eigenvalue weighted by molar-refractivity contribution is 5.85. The Bertz CT molecular complexity index is 1310. The van der Waals surface area contributed by atoms with Crippen LogP contribution in [0.2, 0.25) is 0 Å². The number of anilines is 1. The topological polar surface area (TPSA) is 91.4 Å². The molecule has 0 radical (unpaired) electrons. The lowest BCUT2D eigenvalue weighted by molar-refractivity contribution is -0.0875. The highest BCUT2D eigenvalue weighted by Crippen LogP contribution is 2.36. The maximum atomic E-state index is 9.71. The fourth-order valence-electron chi connectivity index (χ4n) is 6.19. The van der Waals surface area contributed by atoms with Gasteiger partial charge in [0.25, 0.3) is 0 Å². The van der Waals surface area contributed by atoms with E-state index in [0.29, 0.717) is 30.2 Å². The van der Waals surface area contributed by atoms with Gasteiger partial charge < -0.3 is 19.1 Å². The number of hydrogen-bond acceptors (Lipinski definition) is 9. The van der Waals surface area contributed by atoms with Gasteiger partial charge in [-0.25, -0.2) is 9.50 Å². The average molecular weight is 516 g/mol. The van der Waals surface area contributed by atoms with Crippen LogP contribution < -0.4 is 9.64 Å². The van der Waals surface area contributed by atoms with Crippen molar-refractivity contribution in [2.45, 2.75) is 18.5 Å². The number of aromatic nitrogens is 3. The second kappa shape index (κ2) is 10.2. The maximum Gasteiger partial charge on any atom is 0.138 e. The normalized spacial score (nSPS) is 24.1. The lowest BCUT2D eigenvalue weighted by Crippen LogP contribution is -2.70. The number of nitriles is 1. The van der Waals surface area contributed by atoms with Gasteiger partial charge in [-0.1, -0.05) is 0 Å². The van der Waals surface area contributed by atoms with Gasteiger partial charge in [0, 0.05) is 74.6 Å². The zero-order valence-corrected chi connectivity index (χ0v) is 21.5. The van der Waals surface area contributed by atoms with Crippen molar-refractivity contribution in [3.63, 3.8) is 0 Å². The molecule has 0 amide bonds. The standard InChI is InChI=1S/C28H33N7O3/c29-11-22-13-31-35-17-25(38-8-5-32-3-6-36-7-4-32)10-26(28(22)35)21-1-2-27(30-12-21)33-15-23-9-24(16-33)34(23)14-20-18-37-19-20/h1-2,10,12-13,17,20,23-24H,3-9,14-16,18-19H2. The van der Waals surface area contributed by atoms with Gasteiger partial charge in [-0.3, -0.25) is 9.80 Å². The molecule has 10 heteroatoms. The highest BCUT2D eigenvalue weighted by atomic mass is 16.5. The third-order valence-corrected chi connectivity index (χ3v) is 8.39. The van der Waals surface area contributed by atoms with Crippen molar-refractivity contribution in [1.29, 1.82) is 5.26 Å². The zero-order chi connectivity index (χ0) is 25.5. The second-order valence-electron chi connectivity index (χ2n) is 10.8. The van der Waals surface area contributed by atoms with Crippen LogP contribution in [0, 0.1) is 17.2 Å². The van der Waals surface area contributed by atoms with Crippen molar-refractivity contribution in [3.05, 3.63) is 42.4 Å². The first-order valence-electron chi connectivity index (χ1n) is 13.6. The summed E-state index contributed by atoms with van der Waals surface area (Å²) < 4.78 is 18.7. The molecule has 8 rings (SSSR count). The summed E-state index contributed by atoms with van der Waals surface area (Å²) in [7, 11) is 0. The van der Waals surface area contributed by atoms with E-state index < -0.39 is 0 Å². The van der Waals surface area contributed by atoms with Gasteiger partial charge in [-0.15, -0.1) is 0 Å². The fourth-order valence-corrected chi connectivity index (χ4v) is 6.19. The van der Waals surface area contributed by atoms with Gasteiger partial charge in [0.15, 0.2) is 0 Å². The van der Waals surface area contributed by atoms with Gasteiger partial charge >= 0.3 is 0 Å². The maximum absolute atomic E-state index is 9.71. The smallest absolute Gasteiger partial charge is 0.138 e. The summed E-state index contributed by atoms with van der Waals surface area (Å²) >= 11 is 0. The van der Waals surface area contributed by atoms with E-state index in [1.807, 2.05) is 18.5 Å². The van der Waals surface area contributed by atoms with E-state index >= 15 is 0 Å². The monoisotopic (exact) mass is 515 g/mol. The van der Waals surface area contributed by atoms with Crippen LogP contribution in [0.1, 0.15) is 12.0 Å². The Morgan fingerprint density at radius 3 is 2.63 bits per heavy atom. The number of piperazine rings is 1. The molecular weight excluding hydrogens is 482 g/mol. The number of hydrogen-bond donors (Lipinski definition) is 0. The molecule has 2 unspecified atom stereocenters. The van der Waals surface area contributed by atoms with Crippen molar-refractivity contribution in [2.24, 2.45) is 5.92 Å². The summed E-state index contributed by atoms with van der Waals surface area (Å²) in [5.74, 6) is 2.45. The SMILES string of the molecule is N#Cc1cnn2cc(OCCN3CCOCC3)cc(-c3ccc(N4CC5CC(C4)N5CC4COC4)nc3)c12. The van der Waals surface area contributed by atoms with Gasteiger partial charge in [-0.2, -0.15) is 10.4 Å². The van der Waals surface area contributed by atoms with Crippen LogP contribution in [-0.2, 0) is 9.47 Å². The molecular formula is C28H33N7O3. The van der Waals surface area contributed by atoms with Crippen LogP contribution in [0.5, 0.6) is 5.75 Å². The first-order chi connectivity index (χ1) is 18.7. The molecule has 5 fully saturated rings. The van der Waals surface area contributed by atoms with Gasteiger partial charge in [0.1, 0.15) is 24.2 Å².